The SMILES string of the molecule is C=CC[C@@]1(C)CC[C@@H]2O[Si](C)(C)C[C@@H]21. The van der Waals surface area contributed by atoms with Crippen LogP contribution in [0.4, 0.5) is 0 Å². The molecule has 0 amide bonds. The molecule has 1 aliphatic heterocycles. The van der Waals surface area contributed by atoms with E-state index < -0.39 is 8.32 Å². The van der Waals surface area contributed by atoms with Gasteiger partial charge in [-0.05, 0) is 49.7 Å². The monoisotopic (exact) mass is 210 g/mol. The highest BCUT2D eigenvalue weighted by Gasteiger charge is 2.53. The van der Waals surface area contributed by atoms with E-state index in [0.717, 1.165) is 5.92 Å². The zero-order valence-electron chi connectivity index (χ0n) is 9.68. The number of hydrogen-bond acceptors (Lipinski definition) is 1. The van der Waals surface area contributed by atoms with Gasteiger partial charge in [0.25, 0.3) is 0 Å². The van der Waals surface area contributed by atoms with Crippen molar-refractivity contribution < 1.29 is 4.43 Å². The zero-order valence-corrected chi connectivity index (χ0v) is 10.7. The van der Waals surface area contributed by atoms with Crippen LogP contribution in [0.1, 0.15) is 26.2 Å². The zero-order chi connectivity index (χ0) is 10.4. The smallest absolute Gasteiger partial charge is 0.187 e. The molecule has 0 radical (unpaired) electrons. The van der Waals surface area contributed by atoms with Crippen molar-refractivity contribution in [1.82, 2.24) is 0 Å². The van der Waals surface area contributed by atoms with Crippen molar-refractivity contribution in [1.29, 1.82) is 0 Å². The molecule has 0 bridgehead atoms. The van der Waals surface area contributed by atoms with Crippen LogP contribution in [0.15, 0.2) is 12.7 Å². The maximum Gasteiger partial charge on any atom is 0.187 e. The summed E-state index contributed by atoms with van der Waals surface area (Å²) >= 11 is 0. The average Bonchev–Trinajstić information content (AvgIpc) is 2.50. The standard InChI is InChI=1S/C12H22OSi/c1-5-7-12(2)8-6-11-10(12)9-14(3,4)13-11/h5,10-11H,1,6-9H2,2-4H3/t10-,11-,12-/m0/s1. The van der Waals surface area contributed by atoms with E-state index in [1.165, 1.54) is 25.3 Å². The summed E-state index contributed by atoms with van der Waals surface area (Å²) < 4.78 is 6.22. The molecule has 1 heterocycles. The van der Waals surface area contributed by atoms with Crippen LogP contribution >= 0.6 is 0 Å². The lowest BCUT2D eigenvalue weighted by Crippen LogP contribution is -2.27. The van der Waals surface area contributed by atoms with Crippen molar-refractivity contribution in [3.8, 4) is 0 Å². The Morgan fingerprint density at radius 2 is 2.29 bits per heavy atom. The summed E-state index contributed by atoms with van der Waals surface area (Å²) in [7, 11) is -1.29. The van der Waals surface area contributed by atoms with Crippen molar-refractivity contribution in [2.75, 3.05) is 0 Å². The molecule has 0 spiro atoms. The Balaban J connectivity index is 2.15. The molecule has 2 fully saturated rings. The second-order valence-corrected chi connectivity index (χ2v) is 10.1. The van der Waals surface area contributed by atoms with Gasteiger partial charge < -0.3 is 4.43 Å². The highest BCUT2D eigenvalue weighted by atomic mass is 28.4. The Morgan fingerprint density at radius 3 is 2.93 bits per heavy atom. The summed E-state index contributed by atoms with van der Waals surface area (Å²) in [6.07, 6.45) is 6.46. The molecular formula is C12H22OSi. The van der Waals surface area contributed by atoms with E-state index >= 15 is 0 Å². The van der Waals surface area contributed by atoms with Gasteiger partial charge in [-0.2, -0.15) is 0 Å². The Bertz CT molecular complexity index is 249. The molecule has 1 aliphatic carbocycles. The summed E-state index contributed by atoms with van der Waals surface area (Å²) in [6, 6.07) is 1.36. The molecule has 80 valence electrons. The fraction of sp³-hybridized carbons (Fsp3) is 0.833. The van der Waals surface area contributed by atoms with Gasteiger partial charge in [-0.15, -0.1) is 6.58 Å². The number of hydrogen-bond donors (Lipinski definition) is 0. The van der Waals surface area contributed by atoms with Gasteiger partial charge in [0, 0.05) is 6.10 Å². The first-order valence-corrected chi connectivity index (χ1v) is 8.87. The quantitative estimate of drug-likeness (QED) is 0.500. The van der Waals surface area contributed by atoms with E-state index in [4.69, 9.17) is 4.43 Å². The Morgan fingerprint density at radius 1 is 1.57 bits per heavy atom. The summed E-state index contributed by atoms with van der Waals surface area (Å²) in [4.78, 5) is 0. The molecule has 14 heavy (non-hydrogen) atoms. The average molecular weight is 210 g/mol. The normalized spacial score (nSPS) is 45.1. The van der Waals surface area contributed by atoms with Crippen LogP contribution in [0.3, 0.4) is 0 Å². The molecule has 0 aromatic rings. The van der Waals surface area contributed by atoms with Crippen LogP contribution in [0.5, 0.6) is 0 Å². The maximum atomic E-state index is 6.22. The minimum atomic E-state index is -1.29. The lowest BCUT2D eigenvalue weighted by Gasteiger charge is -2.29. The van der Waals surface area contributed by atoms with Crippen LogP contribution in [-0.4, -0.2) is 14.4 Å². The maximum absolute atomic E-state index is 6.22. The van der Waals surface area contributed by atoms with Gasteiger partial charge in [0.05, 0.1) is 0 Å². The van der Waals surface area contributed by atoms with Gasteiger partial charge in [0.1, 0.15) is 0 Å². The fourth-order valence-corrected chi connectivity index (χ4v) is 6.41. The largest absolute Gasteiger partial charge is 0.414 e. The van der Waals surface area contributed by atoms with Crippen LogP contribution in [-0.2, 0) is 4.43 Å². The second kappa shape index (κ2) is 3.21. The molecule has 2 heteroatoms. The third kappa shape index (κ3) is 1.59. The minimum absolute atomic E-state index is 0.493. The van der Waals surface area contributed by atoms with Gasteiger partial charge in [-0.3, -0.25) is 0 Å². The summed E-state index contributed by atoms with van der Waals surface area (Å²) in [6.45, 7) is 11.0. The molecule has 0 unspecified atom stereocenters. The summed E-state index contributed by atoms with van der Waals surface area (Å²) in [5.41, 5.74) is 0.493. The highest BCUT2D eigenvalue weighted by molar-refractivity contribution is 6.71. The summed E-state index contributed by atoms with van der Waals surface area (Å²) in [5, 5.41) is 0. The highest BCUT2D eigenvalue weighted by Crippen LogP contribution is 2.54. The lowest BCUT2D eigenvalue weighted by atomic mass is 9.77. The van der Waals surface area contributed by atoms with E-state index in [2.05, 4.69) is 32.7 Å². The molecule has 3 atom stereocenters. The molecular weight excluding hydrogens is 188 g/mol. The number of fused-ring (bicyclic) bond motifs is 1. The van der Waals surface area contributed by atoms with Crippen molar-refractivity contribution in [3.63, 3.8) is 0 Å². The van der Waals surface area contributed by atoms with Gasteiger partial charge in [-0.1, -0.05) is 13.0 Å². The molecule has 0 aromatic heterocycles. The van der Waals surface area contributed by atoms with E-state index in [1.807, 2.05) is 0 Å². The van der Waals surface area contributed by atoms with Crippen molar-refractivity contribution in [3.05, 3.63) is 12.7 Å². The number of allylic oxidation sites excluding steroid dienone is 1. The van der Waals surface area contributed by atoms with Crippen LogP contribution in [0, 0.1) is 11.3 Å². The van der Waals surface area contributed by atoms with Crippen molar-refractivity contribution in [2.45, 2.75) is 51.4 Å². The molecule has 1 saturated carbocycles. The van der Waals surface area contributed by atoms with Crippen molar-refractivity contribution in [2.24, 2.45) is 11.3 Å². The van der Waals surface area contributed by atoms with Crippen LogP contribution in [0.2, 0.25) is 19.1 Å². The van der Waals surface area contributed by atoms with Crippen LogP contribution < -0.4 is 0 Å². The predicted molar refractivity (Wildman–Crippen MR) is 62.8 cm³/mol. The van der Waals surface area contributed by atoms with E-state index in [9.17, 15) is 0 Å². The predicted octanol–water partition coefficient (Wildman–Crippen LogP) is 3.58. The topological polar surface area (TPSA) is 9.23 Å². The van der Waals surface area contributed by atoms with E-state index in [-0.39, 0.29) is 0 Å². The molecule has 0 N–H and O–H groups in total. The molecule has 1 saturated heterocycles. The minimum Gasteiger partial charge on any atom is -0.414 e. The first-order valence-electron chi connectivity index (χ1n) is 5.76. The fourth-order valence-electron chi connectivity index (χ4n) is 3.40. The Labute approximate surface area is 88.7 Å². The first-order chi connectivity index (χ1) is 6.47. The molecule has 2 rings (SSSR count). The van der Waals surface area contributed by atoms with Gasteiger partial charge >= 0.3 is 0 Å². The Hall–Kier alpha value is -0.0831. The molecule has 2 aliphatic rings. The number of rotatable bonds is 2. The van der Waals surface area contributed by atoms with Crippen LogP contribution in [0.25, 0.3) is 0 Å². The first kappa shape index (κ1) is 10.4. The van der Waals surface area contributed by atoms with Crippen molar-refractivity contribution >= 4 is 8.32 Å². The molecule has 1 nitrogen and oxygen atoms in total. The summed E-state index contributed by atoms with van der Waals surface area (Å²) in [5.74, 6) is 0.821. The lowest BCUT2D eigenvalue weighted by molar-refractivity contribution is 0.157. The van der Waals surface area contributed by atoms with E-state index in [0.29, 0.717) is 11.5 Å². The molecule has 0 aromatic carbocycles. The third-order valence-corrected chi connectivity index (χ3v) is 6.50. The second-order valence-electron chi connectivity index (χ2n) is 5.91. The van der Waals surface area contributed by atoms with Gasteiger partial charge in [0.15, 0.2) is 8.32 Å². The third-order valence-electron chi connectivity index (χ3n) is 4.14. The Kier molecular flexibility index (Phi) is 2.39. The van der Waals surface area contributed by atoms with E-state index in [1.54, 1.807) is 0 Å². The van der Waals surface area contributed by atoms with Gasteiger partial charge in [0.2, 0.25) is 0 Å². The van der Waals surface area contributed by atoms with Gasteiger partial charge in [-0.25, -0.2) is 0 Å².